The first-order chi connectivity index (χ1) is 12.6. The van der Waals surface area contributed by atoms with Crippen molar-refractivity contribution in [3.05, 3.63) is 81.5 Å². The first-order valence-corrected chi connectivity index (χ1v) is 7.02. The highest BCUT2D eigenvalue weighted by Crippen LogP contribution is 2.41. The molecule has 0 amide bonds. The molecule has 0 bridgehead atoms. The first-order valence-electron chi connectivity index (χ1n) is 7.02. The molecular formula is C17H4F10. The van der Waals surface area contributed by atoms with Crippen LogP contribution in [0.1, 0.15) is 17.5 Å². The monoisotopic (exact) mass is 398 g/mol. The van der Waals surface area contributed by atoms with Gasteiger partial charge in [-0.1, -0.05) is 12.2 Å². The van der Waals surface area contributed by atoms with Gasteiger partial charge in [0.2, 0.25) is 11.6 Å². The van der Waals surface area contributed by atoms with Gasteiger partial charge in [0.05, 0.1) is 11.1 Å². The standard InChI is InChI=1S/C17H4F10/c18-8-6(9(19)13(23)16(26)12(8)22)4-2-1-3-5(4)7-10(20)14(24)17(27)15(25)11(7)21/h1-2H,3H2. The Balaban J connectivity index is 2.41. The molecule has 0 unspecified atom stereocenters. The van der Waals surface area contributed by atoms with Crippen molar-refractivity contribution in [1.29, 1.82) is 0 Å². The lowest BCUT2D eigenvalue weighted by molar-refractivity contribution is 0.375. The Morgan fingerprint density at radius 3 is 1.19 bits per heavy atom. The highest BCUT2D eigenvalue weighted by molar-refractivity contribution is 5.99. The first kappa shape index (κ1) is 19.0. The van der Waals surface area contributed by atoms with Crippen LogP contribution in [0.25, 0.3) is 11.1 Å². The van der Waals surface area contributed by atoms with Crippen molar-refractivity contribution in [2.24, 2.45) is 0 Å². The Bertz CT molecular complexity index is 991. The average molecular weight is 398 g/mol. The normalized spacial score (nSPS) is 13.9. The molecule has 0 N–H and O–H groups in total. The zero-order valence-corrected chi connectivity index (χ0v) is 12.6. The van der Waals surface area contributed by atoms with Crippen LogP contribution in [0.4, 0.5) is 43.9 Å². The fourth-order valence-corrected chi connectivity index (χ4v) is 2.69. The predicted molar refractivity (Wildman–Crippen MR) is 73.0 cm³/mol. The molecule has 0 radical (unpaired) electrons. The minimum Gasteiger partial charge on any atom is -0.203 e. The maximum Gasteiger partial charge on any atom is 0.200 e. The summed E-state index contributed by atoms with van der Waals surface area (Å²) in [7, 11) is 0. The second-order valence-corrected chi connectivity index (χ2v) is 5.39. The van der Waals surface area contributed by atoms with Crippen LogP contribution >= 0.6 is 0 Å². The molecule has 2 aromatic rings. The molecule has 10 heteroatoms. The molecule has 1 aliphatic rings. The third kappa shape index (κ3) is 2.62. The Morgan fingerprint density at radius 1 is 0.444 bits per heavy atom. The Morgan fingerprint density at radius 2 is 0.778 bits per heavy atom. The molecule has 0 fully saturated rings. The number of rotatable bonds is 2. The summed E-state index contributed by atoms with van der Waals surface area (Å²) in [5.41, 5.74) is -4.79. The van der Waals surface area contributed by atoms with Crippen molar-refractivity contribution in [2.45, 2.75) is 6.42 Å². The highest BCUT2D eigenvalue weighted by Gasteiger charge is 2.33. The van der Waals surface area contributed by atoms with E-state index in [1.807, 2.05) is 0 Å². The Hall–Kier alpha value is -2.78. The molecule has 0 heterocycles. The average Bonchev–Trinajstić information content (AvgIpc) is 3.10. The van der Waals surface area contributed by atoms with Crippen LogP contribution in [-0.2, 0) is 0 Å². The van der Waals surface area contributed by atoms with Gasteiger partial charge in [0.25, 0.3) is 0 Å². The van der Waals surface area contributed by atoms with Crippen molar-refractivity contribution in [2.75, 3.05) is 0 Å². The molecule has 1 aliphatic carbocycles. The number of allylic oxidation sites excluding steroid dienone is 4. The van der Waals surface area contributed by atoms with Crippen molar-refractivity contribution in [3.8, 4) is 0 Å². The van der Waals surface area contributed by atoms with Gasteiger partial charge in [-0.15, -0.1) is 0 Å². The van der Waals surface area contributed by atoms with Crippen LogP contribution in [0, 0.1) is 58.2 Å². The molecule has 2 aromatic carbocycles. The van der Waals surface area contributed by atoms with E-state index < -0.39 is 86.9 Å². The van der Waals surface area contributed by atoms with Crippen molar-refractivity contribution in [3.63, 3.8) is 0 Å². The quantitative estimate of drug-likeness (QED) is 0.333. The summed E-state index contributed by atoms with van der Waals surface area (Å²) in [5.74, 6) is -23.4. The fraction of sp³-hybridized carbons (Fsp3) is 0.0588. The van der Waals surface area contributed by atoms with E-state index in [1.54, 1.807) is 0 Å². The summed E-state index contributed by atoms with van der Waals surface area (Å²) in [6, 6.07) is 0. The van der Waals surface area contributed by atoms with Gasteiger partial charge in [-0.2, -0.15) is 0 Å². The second kappa shape index (κ2) is 6.43. The van der Waals surface area contributed by atoms with E-state index in [-0.39, 0.29) is 0 Å². The zero-order valence-electron chi connectivity index (χ0n) is 12.6. The lowest BCUT2D eigenvalue weighted by Crippen LogP contribution is -2.09. The largest absolute Gasteiger partial charge is 0.203 e. The number of hydrogen-bond donors (Lipinski definition) is 0. The number of benzene rings is 2. The smallest absolute Gasteiger partial charge is 0.200 e. The molecule has 0 spiro atoms. The van der Waals surface area contributed by atoms with Gasteiger partial charge in [-0.05, 0) is 17.6 Å². The van der Waals surface area contributed by atoms with Gasteiger partial charge in [-0.3, -0.25) is 0 Å². The van der Waals surface area contributed by atoms with Gasteiger partial charge < -0.3 is 0 Å². The zero-order chi connectivity index (χ0) is 20.2. The van der Waals surface area contributed by atoms with Gasteiger partial charge >= 0.3 is 0 Å². The minimum atomic E-state index is -2.46. The van der Waals surface area contributed by atoms with Crippen LogP contribution in [0.5, 0.6) is 0 Å². The van der Waals surface area contributed by atoms with Crippen molar-refractivity contribution in [1.82, 2.24) is 0 Å². The van der Waals surface area contributed by atoms with Crippen LogP contribution in [0.3, 0.4) is 0 Å². The topological polar surface area (TPSA) is 0 Å². The summed E-state index contributed by atoms with van der Waals surface area (Å²) in [6.07, 6.45) is 1.18. The SMILES string of the molecule is Fc1c(F)c(F)c(C2=C(c3c(F)c(F)c(F)c(F)c3F)CC=C2)c(F)c1F. The molecule has 0 saturated carbocycles. The summed E-state index contributed by atoms with van der Waals surface area (Å²) < 4.78 is 136. The Labute approximate surface area is 144 Å². The molecule has 0 atom stereocenters. The predicted octanol–water partition coefficient (Wildman–Crippen LogP) is 5.95. The summed E-state index contributed by atoms with van der Waals surface area (Å²) in [5, 5.41) is 0. The highest BCUT2D eigenvalue weighted by atomic mass is 19.2. The lowest BCUT2D eigenvalue weighted by atomic mass is 9.94. The van der Waals surface area contributed by atoms with Crippen LogP contribution < -0.4 is 0 Å². The van der Waals surface area contributed by atoms with Crippen LogP contribution in [0.15, 0.2) is 12.2 Å². The molecule has 0 nitrogen and oxygen atoms in total. The molecule has 142 valence electrons. The number of hydrogen-bond acceptors (Lipinski definition) is 0. The van der Waals surface area contributed by atoms with Crippen molar-refractivity contribution >= 4 is 11.1 Å². The van der Waals surface area contributed by atoms with Crippen molar-refractivity contribution < 1.29 is 43.9 Å². The van der Waals surface area contributed by atoms with E-state index in [1.165, 1.54) is 0 Å². The molecule has 27 heavy (non-hydrogen) atoms. The maximum absolute atomic E-state index is 14.0. The number of halogens is 10. The molecular weight excluding hydrogens is 394 g/mol. The molecule has 0 saturated heterocycles. The molecule has 3 rings (SSSR count). The Kier molecular flexibility index (Phi) is 4.52. The van der Waals surface area contributed by atoms with Gasteiger partial charge in [0, 0.05) is 0 Å². The van der Waals surface area contributed by atoms with E-state index in [0.717, 1.165) is 12.2 Å². The van der Waals surface area contributed by atoms with E-state index in [0.29, 0.717) is 0 Å². The van der Waals surface area contributed by atoms with E-state index in [4.69, 9.17) is 0 Å². The molecule has 0 aromatic heterocycles. The van der Waals surface area contributed by atoms with Gasteiger partial charge in [-0.25, -0.2) is 43.9 Å². The summed E-state index contributed by atoms with van der Waals surface area (Å²) in [6.45, 7) is 0. The fourth-order valence-electron chi connectivity index (χ4n) is 2.69. The van der Waals surface area contributed by atoms with Gasteiger partial charge in [0.15, 0.2) is 46.5 Å². The maximum atomic E-state index is 14.0. The van der Waals surface area contributed by atoms with Gasteiger partial charge in [0.1, 0.15) is 0 Å². The van der Waals surface area contributed by atoms with E-state index >= 15 is 0 Å². The molecule has 0 aliphatic heterocycles. The van der Waals surface area contributed by atoms with E-state index in [9.17, 15) is 43.9 Å². The van der Waals surface area contributed by atoms with Crippen LogP contribution in [-0.4, -0.2) is 0 Å². The van der Waals surface area contributed by atoms with E-state index in [2.05, 4.69) is 0 Å². The lowest BCUT2D eigenvalue weighted by Gasteiger charge is -2.14. The third-order valence-corrected chi connectivity index (χ3v) is 3.92. The van der Waals surface area contributed by atoms with Crippen LogP contribution in [0.2, 0.25) is 0 Å². The third-order valence-electron chi connectivity index (χ3n) is 3.92. The summed E-state index contributed by atoms with van der Waals surface area (Å²) >= 11 is 0. The summed E-state index contributed by atoms with van der Waals surface area (Å²) in [4.78, 5) is 0. The minimum absolute atomic E-state index is 0.576. The second-order valence-electron chi connectivity index (χ2n) is 5.39.